The third-order valence-corrected chi connectivity index (χ3v) is 6.98. The zero-order valence-corrected chi connectivity index (χ0v) is 19.4. The molecule has 1 fully saturated rings. The van der Waals surface area contributed by atoms with Gasteiger partial charge in [0.15, 0.2) is 0 Å². The van der Waals surface area contributed by atoms with Crippen LogP contribution in [-0.4, -0.2) is 36.3 Å². The Bertz CT molecular complexity index is 1160. The summed E-state index contributed by atoms with van der Waals surface area (Å²) in [5.74, 6) is 0.852. The number of carboxylic acid groups (broad SMARTS) is 1. The second kappa shape index (κ2) is 9.10. The van der Waals surface area contributed by atoms with Gasteiger partial charge in [0.2, 0.25) is 0 Å². The van der Waals surface area contributed by atoms with Crippen molar-refractivity contribution in [2.75, 3.05) is 25.2 Å². The van der Waals surface area contributed by atoms with Crippen molar-refractivity contribution >= 4 is 22.6 Å². The lowest BCUT2D eigenvalue weighted by molar-refractivity contribution is -0.136. The van der Waals surface area contributed by atoms with Crippen molar-refractivity contribution in [2.24, 2.45) is 5.92 Å². The number of anilines is 1. The van der Waals surface area contributed by atoms with Crippen LogP contribution in [0.2, 0.25) is 0 Å². The van der Waals surface area contributed by atoms with Crippen LogP contribution in [0.25, 0.3) is 10.9 Å². The normalized spacial score (nSPS) is 17.9. The number of rotatable bonds is 9. The topological polar surface area (TPSA) is 74.8 Å². The molecule has 1 aromatic heterocycles. The number of carboxylic acids is 1. The Balaban J connectivity index is 1.49. The summed E-state index contributed by atoms with van der Waals surface area (Å²) >= 11 is 0. The highest BCUT2D eigenvalue weighted by Gasteiger charge is 2.30. The van der Waals surface area contributed by atoms with E-state index in [1.807, 2.05) is 6.20 Å². The minimum Gasteiger partial charge on any atom is -0.496 e. The second-order valence-corrected chi connectivity index (χ2v) is 9.40. The zero-order valence-electron chi connectivity index (χ0n) is 19.4. The summed E-state index contributed by atoms with van der Waals surface area (Å²) < 4.78 is 12.1. The lowest BCUT2D eigenvalue weighted by Crippen LogP contribution is -2.32. The minimum absolute atomic E-state index is 0.0950. The van der Waals surface area contributed by atoms with E-state index in [1.165, 1.54) is 34.9 Å². The van der Waals surface area contributed by atoms with Gasteiger partial charge >= 0.3 is 5.97 Å². The van der Waals surface area contributed by atoms with Gasteiger partial charge in [0.05, 0.1) is 19.8 Å². The molecule has 2 aromatic carbocycles. The fourth-order valence-electron chi connectivity index (χ4n) is 4.94. The van der Waals surface area contributed by atoms with Gasteiger partial charge in [-0.3, -0.25) is 4.79 Å². The minimum atomic E-state index is -0.769. The first-order valence-corrected chi connectivity index (χ1v) is 11.9. The molecule has 5 rings (SSSR count). The van der Waals surface area contributed by atoms with E-state index < -0.39 is 5.97 Å². The van der Waals surface area contributed by atoms with Crippen LogP contribution in [0.15, 0.2) is 36.5 Å². The predicted octanol–water partition coefficient (Wildman–Crippen LogP) is 5.38. The van der Waals surface area contributed by atoms with E-state index >= 15 is 0 Å². The van der Waals surface area contributed by atoms with E-state index in [9.17, 15) is 4.79 Å². The average molecular weight is 449 g/mol. The number of hydrogen-bond acceptors (Lipinski definition) is 4. The van der Waals surface area contributed by atoms with Crippen LogP contribution in [0.1, 0.15) is 54.0 Å². The largest absolute Gasteiger partial charge is 0.496 e. The highest BCUT2D eigenvalue weighted by Crippen LogP contribution is 2.41. The lowest BCUT2D eigenvalue weighted by atomic mass is 9.94. The van der Waals surface area contributed by atoms with E-state index in [4.69, 9.17) is 14.6 Å². The molecule has 0 saturated heterocycles. The number of H-pyrrole nitrogens is 1. The number of methoxy groups -OCH3 is 1. The van der Waals surface area contributed by atoms with Crippen LogP contribution in [-0.2, 0) is 22.5 Å². The number of nitrogens with zero attached hydrogens (tertiary/aromatic N) is 1. The van der Waals surface area contributed by atoms with Crippen molar-refractivity contribution < 1.29 is 19.4 Å². The van der Waals surface area contributed by atoms with E-state index in [0.717, 1.165) is 54.6 Å². The van der Waals surface area contributed by atoms with Crippen molar-refractivity contribution in [1.82, 2.24) is 4.98 Å². The molecule has 0 radical (unpaired) electrons. The van der Waals surface area contributed by atoms with Gasteiger partial charge in [-0.1, -0.05) is 12.1 Å². The van der Waals surface area contributed by atoms with E-state index in [2.05, 4.69) is 47.1 Å². The SMILES string of the molecule is COc1cc(C)c2[nH]ccc2c1CN1CCC(OCC2CC2)c2ccc(CCC(=O)O)cc21. The third-order valence-electron chi connectivity index (χ3n) is 6.98. The fourth-order valence-corrected chi connectivity index (χ4v) is 4.94. The highest BCUT2D eigenvalue weighted by atomic mass is 16.5. The second-order valence-electron chi connectivity index (χ2n) is 9.40. The van der Waals surface area contributed by atoms with Gasteiger partial charge in [0.1, 0.15) is 5.75 Å². The molecular weight excluding hydrogens is 416 g/mol. The summed E-state index contributed by atoms with van der Waals surface area (Å²) in [5, 5.41) is 10.3. The average Bonchev–Trinajstić information content (AvgIpc) is 3.51. The van der Waals surface area contributed by atoms with Crippen molar-refractivity contribution in [2.45, 2.75) is 51.7 Å². The van der Waals surface area contributed by atoms with E-state index in [0.29, 0.717) is 6.42 Å². The molecule has 1 aliphatic heterocycles. The molecule has 33 heavy (non-hydrogen) atoms. The maximum absolute atomic E-state index is 11.1. The number of benzene rings is 2. The number of aryl methyl sites for hydroxylation is 2. The first kappa shape index (κ1) is 21.8. The molecule has 0 bridgehead atoms. The third kappa shape index (κ3) is 4.58. The summed E-state index contributed by atoms with van der Waals surface area (Å²) in [5.41, 5.74) is 6.88. The first-order valence-electron chi connectivity index (χ1n) is 11.9. The Hall–Kier alpha value is -2.99. The monoisotopic (exact) mass is 448 g/mol. The number of aromatic amines is 1. The lowest BCUT2D eigenvalue weighted by Gasteiger charge is -2.36. The van der Waals surface area contributed by atoms with Gasteiger partial charge in [-0.15, -0.1) is 0 Å². The molecule has 2 aliphatic rings. The van der Waals surface area contributed by atoms with Crippen molar-refractivity contribution in [1.29, 1.82) is 0 Å². The van der Waals surface area contributed by atoms with Crippen LogP contribution in [0.5, 0.6) is 5.75 Å². The molecule has 2 heterocycles. The van der Waals surface area contributed by atoms with Gasteiger partial charge in [0, 0.05) is 53.4 Å². The molecule has 0 amide bonds. The first-order chi connectivity index (χ1) is 16.0. The van der Waals surface area contributed by atoms with Crippen molar-refractivity contribution in [3.63, 3.8) is 0 Å². The van der Waals surface area contributed by atoms with Gasteiger partial charge in [0.25, 0.3) is 0 Å². The number of aromatic nitrogens is 1. The fraction of sp³-hybridized carbons (Fsp3) is 0.444. The molecule has 2 N–H and O–H groups in total. The summed E-state index contributed by atoms with van der Waals surface area (Å²) in [6, 6.07) is 10.6. The van der Waals surface area contributed by atoms with Gasteiger partial charge in [-0.25, -0.2) is 0 Å². The zero-order chi connectivity index (χ0) is 22.9. The van der Waals surface area contributed by atoms with Gasteiger partial charge < -0.3 is 24.5 Å². The molecule has 3 aromatic rings. The summed E-state index contributed by atoms with van der Waals surface area (Å²) in [6.07, 6.45) is 6.24. The van der Waals surface area contributed by atoms with Crippen LogP contribution in [0.4, 0.5) is 5.69 Å². The van der Waals surface area contributed by atoms with Crippen LogP contribution < -0.4 is 9.64 Å². The molecule has 1 saturated carbocycles. The number of nitrogens with one attached hydrogen (secondary N) is 1. The Kier molecular flexibility index (Phi) is 6.02. The number of fused-ring (bicyclic) bond motifs is 2. The predicted molar refractivity (Wildman–Crippen MR) is 129 cm³/mol. The van der Waals surface area contributed by atoms with E-state index in [1.54, 1.807) is 7.11 Å². The Labute approximate surface area is 194 Å². The van der Waals surface area contributed by atoms with Crippen LogP contribution >= 0.6 is 0 Å². The Morgan fingerprint density at radius 3 is 2.82 bits per heavy atom. The number of ether oxygens (including phenoxy) is 2. The van der Waals surface area contributed by atoms with Crippen LogP contribution in [0.3, 0.4) is 0 Å². The Morgan fingerprint density at radius 2 is 2.06 bits per heavy atom. The molecule has 0 spiro atoms. The number of hydrogen-bond donors (Lipinski definition) is 2. The quantitative estimate of drug-likeness (QED) is 0.460. The van der Waals surface area contributed by atoms with E-state index in [-0.39, 0.29) is 12.5 Å². The standard InChI is InChI=1S/C27H32N2O4/c1-17-13-25(32-2)22(20-9-11-28-27(17)20)15-29-12-10-24(33-16-19-3-4-19)21-7-5-18(14-23(21)29)6-8-26(30)31/h5,7,9,11,13-14,19,24,28H,3-4,6,8,10,12,15-16H2,1-2H3,(H,30,31). The number of aliphatic carboxylic acids is 1. The molecule has 6 nitrogen and oxygen atoms in total. The molecule has 174 valence electrons. The molecule has 1 aliphatic carbocycles. The van der Waals surface area contributed by atoms with Crippen LogP contribution in [0, 0.1) is 12.8 Å². The van der Waals surface area contributed by atoms with Gasteiger partial charge in [-0.2, -0.15) is 0 Å². The maximum Gasteiger partial charge on any atom is 0.303 e. The highest BCUT2D eigenvalue weighted by molar-refractivity contribution is 5.88. The molecule has 6 heteroatoms. The summed E-state index contributed by atoms with van der Waals surface area (Å²) in [4.78, 5) is 16.9. The maximum atomic E-state index is 11.1. The van der Waals surface area contributed by atoms with Crippen molar-refractivity contribution in [3.05, 3.63) is 58.8 Å². The molecule has 1 unspecified atom stereocenters. The smallest absolute Gasteiger partial charge is 0.303 e. The van der Waals surface area contributed by atoms with Gasteiger partial charge in [-0.05, 0) is 67.9 Å². The molecular formula is C27H32N2O4. The Morgan fingerprint density at radius 1 is 1.21 bits per heavy atom. The van der Waals surface area contributed by atoms with Crippen molar-refractivity contribution in [3.8, 4) is 5.75 Å². The summed E-state index contributed by atoms with van der Waals surface area (Å²) in [6.45, 7) is 4.54. The molecule has 1 atom stereocenters. The number of carbonyl (C=O) groups is 1. The summed E-state index contributed by atoms with van der Waals surface area (Å²) in [7, 11) is 1.73.